The molecule has 0 atom stereocenters. The molecule has 1 aromatic rings. The van der Waals surface area contributed by atoms with E-state index in [1.54, 1.807) is 0 Å². The molecule has 112 valence electrons. The van der Waals surface area contributed by atoms with E-state index in [2.05, 4.69) is 26.6 Å². The Hall–Kier alpha value is -1.14. The van der Waals surface area contributed by atoms with Gasteiger partial charge in [-0.05, 0) is 52.4 Å². The highest BCUT2D eigenvalue weighted by atomic mass is 79.9. The van der Waals surface area contributed by atoms with Crippen LogP contribution in [0.25, 0.3) is 0 Å². The Morgan fingerprint density at radius 3 is 2.80 bits per heavy atom. The van der Waals surface area contributed by atoms with E-state index in [4.69, 9.17) is 5.11 Å². The molecule has 0 saturated carbocycles. The number of rotatable bonds is 6. The Balaban J connectivity index is 2.36. The molecule has 20 heavy (non-hydrogen) atoms. The first kappa shape index (κ1) is 16.9. The molecule has 0 saturated heterocycles. The van der Waals surface area contributed by atoms with Gasteiger partial charge in [0, 0.05) is 17.6 Å². The van der Waals surface area contributed by atoms with Gasteiger partial charge in [0.05, 0.1) is 5.69 Å². The Bertz CT molecular complexity index is 466. The average Bonchev–Trinajstić information content (AvgIpc) is 2.39. The third-order valence-corrected chi connectivity index (χ3v) is 3.61. The number of halogens is 2. The van der Waals surface area contributed by atoms with E-state index >= 15 is 0 Å². The number of carbonyl (C=O) groups excluding carboxylic acids is 1. The van der Waals surface area contributed by atoms with Gasteiger partial charge in [-0.1, -0.05) is 13.8 Å². The highest BCUT2D eigenvalue weighted by molar-refractivity contribution is 9.10. The lowest BCUT2D eigenvalue weighted by Gasteiger charge is -2.21. The molecule has 0 aliphatic carbocycles. The summed E-state index contributed by atoms with van der Waals surface area (Å²) in [6.07, 6.45) is 1.58. The zero-order chi connectivity index (χ0) is 15.2. The average molecular weight is 347 g/mol. The topological polar surface area (TPSA) is 61.4 Å². The minimum Gasteiger partial charge on any atom is -0.396 e. The van der Waals surface area contributed by atoms with Crippen molar-refractivity contribution in [1.82, 2.24) is 5.32 Å². The maximum atomic E-state index is 13.1. The van der Waals surface area contributed by atoms with Crippen molar-refractivity contribution in [1.29, 1.82) is 0 Å². The third-order valence-electron chi connectivity index (χ3n) is 2.92. The van der Waals surface area contributed by atoms with Crippen LogP contribution in [0.4, 0.5) is 14.9 Å². The first-order valence-electron chi connectivity index (χ1n) is 6.45. The van der Waals surface area contributed by atoms with Crippen molar-refractivity contribution in [2.45, 2.75) is 26.7 Å². The molecule has 0 aliphatic rings. The quantitative estimate of drug-likeness (QED) is 0.690. The van der Waals surface area contributed by atoms with E-state index in [9.17, 15) is 9.18 Å². The van der Waals surface area contributed by atoms with Crippen molar-refractivity contribution in [2.24, 2.45) is 5.41 Å². The Labute approximate surface area is 126 Å². The van der Waals surface area contributed by atoms with Crippen LogP contribution < -0.4 is 10.6 Å². The molecule has 0 radical (unpaired) electrons. The number of aliphatic hydroxyl groups is 1. The lowest BCUT2D eigenvalue weighted by molar-refractivity contribution is 0.148. The van der Waals surface area contributed by atoms with Crippen molar-refractivity contribution in [3.8, 4) is 0 Å². The summed E-state index contributed by atoms with van der Waals surface area (Å²) in [5.74, 6) is -0.409. The second-order valence-electron chi connectivity index (χ2n) is 5.43. The second kappa shape index (κ2) is 7.59. The highest BCUT2D eigenvalue weighted by Crippen LogP contribution is 2.23. The highest BCUT2D eigenvalue weighted by Gasteiger charge is 2.15. The van der Waals surface area contributed by atoms with Gasteiger partial charge in [-0.3, -0.25) is 0 Å². The lowest BCUT2D eigenvalue weighted by atomic mass is 9.89. The summed E-state index contributed by atoms with van der Waals surface area (Å²) < 4.78 is 13.7. The number of hydrogen-bond donors (Lipinski definition) is 3. The van der Waals surface area contributed by atoms with Crippen LogP contribution in [-0.4, -0.2) is 24.3 Å². The summed E-state index contributed by atoms with van der Waals surface area (Å²) in [4.78, 5) is 11.7. The van der Waals surface area contributed by atoms with Crippen LogP contribution in [0.15, 0.2) is 22.7 Å². The van der Waals surface area contributed by atoms with E-state index in [1.807, 2.05) is 13.8 Å². The third kappa shape index (κ3) is 5.88. The fraction of sp³-hybridized carbons (Fsp3) is 0.500. The number of amides is 2. The molecule has 0 bridgehead atoms. The SMILES string of the molecule is CC(C)(CO)CCCNC(=O)Nc1cc(F)ccc1Br. The summed E-state index contributed by atoms with van der Waals surface area (Å²) in [6, 6.07) is 3.72. The number of carbonyl (C=O) groups is 1. The predicted molar refractivity (Wildman–Crippen MR) is 81.2 cm³/mol. The smallest absolute Gasteiger partial charge is 0.319 e. The van der Waals surface area contributed by atoms with Gasteiger partial charge in [0.2, 0.25) is 0 Å². The summed E-state index contributed by atoms with van der Waals surface area (Å²) in [7, 11) is 0. The van der Waals surface area contributed by atoms with E-state index in [1.165, 1.54) is 18.2 Å². The minimum atomic E-state index is -0.409. The van der Waals surface area contributed by atoms with Gasteiger partial charge >= 0.3 is 6.03 Å². The van der Waals surface area contributed by atoms with Crippen LogP contribution in [0.2, 0.25) is 0 Å². The summed E-state index contributed by atoms with van der Waals surface area (Å²) >= 11 is 3.24. The van der Waals surface area contributed by atoms with Crippen molar-refractivity contribution in [2.75, 3.05) is 18.5 Å². The Morgan fingerprint density at radius 2 is 2.15 bits per heavy atom. The van der Waals surface area contributed by atoms with Gasteiger partial charge < -0.3 is 15.7 Å². The van der Waals surface area contributed by atoms with Crippen LogP contribution in [0.1, 0.15) is 26.7 Å². The molecule has 1 rings (SSSR count). The largest absolute Gasteiger partial charge is 0.396 e. The first-order chi connectivity index (χ1) is 9.34. The molecule has 2 amide bonds. The van der Waals surface area contributed by atoms with Gasteiger partial charge in [-0.2, -0.15) is 0 Å². The molecule has 0 heterocycles. The van der Waals surface area contributed by atoms with Crippen LogP contribution in [0.3, 0.4) is 0 Å². The van der Waals surface area contributed by atoms with E-state index in [0.717, 1.165) is 12.8 Å². The summed E-state index contributed by atoms with van der Waals surface area (Å²) in [6.45, 7) is 4.56. The van der Waals surface area contributed by atoms with Crippen molar-refractivity contribution < 1.29 is 14.3 Å². The van der Waals surface area contributed by atoms with Gasteiger partial charge in [0.15, 0.2) is 0 Å². The molecule has 1 aromatic carbocycles. The van der Waals surface area contributed by atoms with Gasteiger partial charge in [-0.25, -0.2) is 9.18 Å². The standard InChI is InChI=1S/C14H20BrFN2O2/c1-14(2,9-19)6-3-7-17-13(20)18-12-8-10(16)4-5-11(12)15/h4-5,8,19H,3,6-7,9H2,1-2H3,(H2,17,18,20). The van der Waals surface area contributed by atoms with E-state index < -0.39 is 5.82 Å². The Morgan fingerprint density at radius 1 is 1.45 bits per heavy atom. The molecule has 6 heteroatoms. The van der Waals surface area contributed by atoms with Crippen LogP contribution in [0.5, 0.6) is 0 Å². The van der Waals surface area contributed by atoms with Crippen molar-refractivity contribution >= 4 is 27.6 Å². The number of urea groups is 1. The van der Waals surface area contributed by atoms with Crippen molar-refractivity contribution in [3.63, 3.8) is 0 Å². The molecular weight excluding hydrogens is 327 g/mol. The summed E-state index contributed by atoms with van der Waals surface area (Å²) in [5, 5.41) is 14.4. The molecule has 0 fully saturated rings. The molecular formula is C14H20BrFN2O2. The number of hydrogen-bond acceptors (Lipinski definition) is 2. The summed E-state index contributed by atoms with van der Waals surface area (Å²) in [5.41, 5.74) is 0.252. The maximum Gasteiger partial charge on any atom is 0.319 e. The number of aliphatic hydroxyl groups excluding tert-OH is 1. The molecule has 3 N–H and O–H groups in total. The molecule has 0 aromatic heterocycles. The molecule has 4 nitrogen and oxygen atoms in total. The molecule has 0 unspecified atom stereocenters. The van der Waals surface area contributed by atoms with Crippen LogP contribution in [-0.2, 0) is 0 Å². The van der Waals surface area contributed by atoms with Gasteiger partial charge in [-0.15, -0.1) is 0 Å². The number of anilines is 1. The number of benzene rings is 1. The van der Waals surface area contributed by atoms with Gasteiger partial charge in [0.1, 0.15) is 5.82 Å². The fourth-order valence-corrected chi connectivity index (χ4v) is 1.95. The number of nitrogens with one attached hydrogen (secondary N) is 2. The maximum absolute atomic E-state index is 13.1. The second-order valence-corrected chi connectivity index (χ2v) is 6.29. The normalized spacial score (nSPS) is 11.2. The van der Waals surface area contributed by atoms with Crippen molar-refractivity contribution in [3.05, 3.63) is 28.5 Å². The minimum absolute atomic E-state index is 0.120. The fourth-order valence-electron chi connectivity index (χ4n) is 1.61. The zero-order valence-electron chi connectivity index (χ0n) is 11.7. The zero-order valence-corrected chi connectivity index (χ0v) is 13.3. The lowest BCUT2D eigenvalue weighted by Crippen LogP contribution is -2.30. The van der Waals surface area contributed by atoms with E-state index in [-0.39, 0.29) is 18.1 Å². The van der Waals surface area contributed by atoms with Crippen LogP contribution >= 0.6 is 15.9 Å². The monoisotopic (exact) mass is 346 g/mol. The molecule has 0 aliphatic heterocycles. The van der Waals surface area contributed by atoms with E-state index in [0.29, 0.717) is 16.7 Å². The first-order valence-corrected chi connectivity index (χ1v) is 7.24. The molecule has 0 spiro atoms. The van der Waals surface area contributed by atoms with Gasteiger partial charge in [0.25, 0.3) is 0 Å². The van der Waals surface area contributed by atoms with Crippen LogP contribution in [0, 0.1) is 11.2 Å². The predicted octanol–water partition coefficient (Wildman–Crippen LogP) is 3.51. The Kier molecular flexibility index (Phi) is 6.42.